The molecule has 1 saturated heterocycles. The Morgan fingerprint density at radius 3 is 1.78 bits per heavy atom. The standard InChI is InChI=1S/C16H32O2/c1-2-3-12-15-16(18-15)13-10-8-6-4-5-7-9-11-14-17/h15-17H,2-14H2,1H3/t15-,16+/m1/s1. The monoisotopic (exact) mass is 256 g/mol. The molecule has 0 saturated carbocycles. The molecule has 1 N–H and O–H groups in total. The number of hydrogen-bond donors (Lipinski definition) is 1. The van der Waals surface area contributed by atoms with E-state index >= 15 is 0 Å². The van der Waals surface area contributed by atoms with Crippen LogP contribution in [0, 0.1) is 0 Å². The van der Waals surface area contributed by atoms with E-state index in [1.54, 1.807) is 0 Å². The summed E-state index contributed by atoms with van der Waals surface area (Å²) in [5.41, 5.74) is 0. The summed E-state index contributed by atoms with van der Waals surface area (Å²) in [5, 5.41) is 8.66. The van der Waals surface area contributed by atoms with Gasteiger partial charge in [-0.05, 0) is 19.3 Å². The smallest absolute Gasteiger partial charge is 0.0841 e. The molecule has 108 valence electrons. The van der Waals surface area contributed by atoms with Crippen LogP contribution in [0.15, 0.2) is 0 Å². The third kappa shape index (κ3) is 8.10. The van der Waals surface area contributed by atoms with E-state index in [4.69, 9.17) is 9.84 Å². The van der Waals surface area contributed by atoms with Gasteiger partial charge in [0, 0.05) is 6.61 Å². The molecule has 1 heterocycles. The van der Waals surface area contributed by atoms with Crippen LogP contribution >= 0.6 is 0 Å². The minimum Gasteiger partial charge on any atom is -0.396 e. The lowest BCUT2D eigenvalue weighted by Crippen LogP contribution is -1.94. The lowest BCUT2D eigenvalue weighted by Gasteiger charge is -2.01. The maximum absolute atomic E-state index is 8.66. The van der Waals surface area contributed by atoms with Crippen molar-refractivity contribution in [2.24, 2.45) is 0 Å². The topological polar surface area (TPSA) is 32.8 Å². The first-order valence-corrected chi connectivity index (χ1v) is 8.14. The molecule has 0 aliphatic carbocycles. The fourth-order valence-corrected chi connectivity index (χ4v) is 2.61. The third-order valence-electron chi connectivity index (χ3n) is 3.93. The zero-order valence-corrected chi connectivity index (χ0v) is 12.2. The van der Waals surface area contributed by atoms with Crippen molar-refractivity contribution >= 4 is 0 Å². The van der Waals surface area contributed by atoms with Gasteiger partial charge < -0.3 is 9.84 Å². The van der Waals surface area contributed by atoms with Gasteiger partial charge >= 0.3 is 0 Å². The van der Waals surface area contributed by atoms with Crippen LogP contribution in [0.3, 0.4) is 0 Å². The predicted octanol–water partition coefficient (Wildman–Crippen LogP) is 4.45. The molecule has 2 heteroatoms. The van der Waals surface area contributed by atoms with Crippen LogP contribution in [-0.4, -0.2) is 23.9 Å². The van der Waals surface area contributed by atoms with E-state index in [-0.39, 0.29) is 0 Å². The number of aliphatic hydroxyl groups excluding tert-OH is 1. The first-order valence-electron chi connectivity index (χ1n) is 8.14. The van der Waals surface area contributed by atoms with Crippen LogP contribution in [0.25, 0.3) is 0 Å². The Hall–Kier alpha value is -0.0800. The van der Waals surface area contributed by atoms with Crippen molar-refractivity contribution in [1.82, 2.24) is 0 Å². The zero-order chi connectivity index (χ0) is 13.1. The zero-order valence-electron chi connectivity index (χ0n) is 12.2. The van der Waals surface area contributed by atoms with Crippen molar-refractivity contribution < 1.29 is 9.84 Å². The van der Waals surface area contributed by atoms with Crippen molar-refractivity contribution in [3.05, 3.63) is 0 Å². The van der Waals surface area contributed by atoms with Crippen molar-refractivity contribution in [1.29, 1.82) is 0 Å². The molecule has 1 aliphatic rings. The largest absolute Gasteiger partial charge is 0.396 e. The molecule has 2 atom stereocenters. The van der Waals surface area contributed by atoms with E-state index in [0.717, 1.165) is 6.42 Å². The minimum atomic E-state index is 0.362. The molecule has 0 aromatic rings. The molecule has 0 spiro atoms. The van der Waals surface area contributed by atoms with E-state index in [9.17, 15) is 0 Å². The number of unbranched alkanes of at least 4 members (excludes halogenated alkanes) is 8. The highest BCUT2D eigenvalue weighted by Gasteiger charge is 2.36. The van der Waals surface area contributed by atoms with Gasteiger partial charge in [0.15, 0.2) is 0 Å². The summed E-state index contributed by atoms with van der Waals surface area (Å²) in [6.45, 7) is 2.61. The predicted molar refractivity (Wildman–Crippen MR) is 76.8 cm³/mol. The Morgan fingerprint density at radius 1 is 0.722 bits per heavy atom. The van der Waals surface area contributed by atoms with Gasteiger partial charge in [-0.25, -0.2) is 0 Å². The van der Waals surface area contributed by atoms with Crippen molar-refractivity contribution in [2.45, 2.75) is 96.2 Å². The minimum absolute atomic E-state index is 0.362. The van der Waals surface area contributed by atoms with Crippen LogP contribution in [0.4, 0.5) is 0 Å². The van der Waals surface area contributed by atoms with Gasteiger partial charge in [0.25, 0.3) is 0 Å². The van der Waals surface area contributed by atoms with Gasteiger partial charge in [-0.1, -0.05) is 64.7 Å². The molecule has 1 fully saturated rings. The van der Waals surface area contributed by atoms with Crippen LogP contribution in [0.1, 0.15) is 84.0 Å². The summed E-state index contributed by atoms with van der Waals surface area (Å²) in [5.74, 6) is 0. The maximum Gasteiger partial charge on any atom is 0.0841 e. The van der Waals surface area contributed by atoms with Crippen LogP contribution in [0.2, 0.25) is 0 Å². The second kappa shape index (κ2) is 10.8. The molecule has 2 nitrogen and oxygen atoms in total. The number of ether oxygens (including phenoxy) is 1. The van der Waals surface area contributed by atoms with Gasteiger partial charge in [-0.3, -0.25) is 0 Å². The molecule has 0 bridgehead atoms. The average molecular weight is 256 g/mol. The van der Waals surface area contributed by atoms with Gasteiger partial charge in [-0.2, -0.15) is 0 Å². The molecule has 18 heavy (non-hydrogen) atoms. The fourth-order valence-electron chi connectivity index (χ4n) is 2.61. The van der Waals surface area contributed by atoms with Crippen molar-refractivity contribution in [3.8, 4) is 0 Å². The molecule has 0 aromatic carbocycles. The number of aliphatic hydroxyl groups is 1. The number of rotatable bonds is 13. The molecular weight excluding hydrogens is 224 g/mol. The highest BCUT2D eigenvalue weighted by atomic mass is 16.6. The normalized spacial score (nSPS) is 22.3. The highest BCUT2D eigenvalue weighted by molar-refractivity contribution is 4.84. The molecule has 0 aromatic heterocycles. The van der Waals surface area contributed by atoms with E-state index in [0.29, 0.717) is 18.8 Å². The summed E-state index contributed by atoms with van der Waals surface area (Å²) < 4.78 is 5.67. The molecule has 1 rings (SSSR count). The first kappa shape index (κ1) is 16.0. The maximum atomic E-state index is 8.66. The second-order valence-corrected chi connectivity index (χ2v) is 5.70. The number of epoxide rings is 1. The molecule has 0 amide bonds. The average Bonchev–Trinajstić information content (AvgIpc) is 3.13. The third-order valence-corrected chi connectivity index (χ3v) is 3.93. The highest BCUT2D eigenvalue weighted by Crippen LogP contribution is 2.31. The van der Waals surface area contributed by atoms with Crippen LogP contribution in [0.5, 0.6) is 0 Å². The number of hydrogen-bond acceptors (Lipinski definition) is 2. The molecule has 1 aliphatic heterocycles. The Kier molecular flexibility index (Phi) is 9.59. The summed E-state index contributed by atoms with van der Waals surface area (Å²) in [6, 6.07) is 0. The quantitative estimate of drug-likeness (QED) is 0.390. The SMILES string of the molecule is CCCC[C@H]1O[C@H]1CCCCCCCCCCO. The Balaban J connectivity index is 1.72. The summed E-state index contributed by atoms with van der Waals surface area (Å²) in [6.07, 6.45) is 16.7. The van der Waals surface area contributed by atoms with E-state index in [2.05, 4.69) is 6.92 Å². The van der Waals surface area contributed by atoms with Gasteiger partial charge in [0.1, 0.15) is 0 Å². The van der Waals surface area contributed by atoms with E-state index in [1.807, 2.05) is 0 Å². The summed E-state index contributed by atoms with van der Waals surface area (Å²) in [7, 11) is 0. The second-order valence-electron chi connectivity index (χ2n) is 5.70. The Morgan fingerprint density at radius 2 is 1.22 bits per heavy atom. The Bertz CT molecular complexity index is 182. The van der Waals surface area contributed by atoms with Gasteiger partial charge in [0.05, 0.1) is 12.2 Å². The van der Waals surface area contributed by atoms with Gasteiger partial charge in [-0.15, -0.1) is 0 Å². The van der Waals surface area contributed by atoms with Crippen molar-refractivity contribution in [2.75, 3.05) is 6.61 Å². The van der Waals surface area contributed by atoms with Gasteiger partial charge in [0.2, 0.25) is 0 Å². The molecule has 0 unspecified atom stereocenters. The molecule has 0 radical (unpaired) electrons. The van der Waals surface area contributed by atoms with E-state index in [1.165, 1.54) is 70.6 Å². The van der Waals surface area contributed by atoms with Crippen LogP contribution in [-0.2, 0) is 4.74 Å². The van der Waals surface area contributed by atoms with Crippen molar-refractivity contribution in [3.63, 3.8) is 0 Å². The summed E-state index contributed by atoms with van der Waals surface area (Å²) >= 11 is 0. The molecular formula is C16H32O2. The Labute approximate surface area is 113 Å². The van der Waals surface area contributed by atoms with E-state index < -0.39 is 0 Å². The summed E-state index contributed by atoms with van der Waals surface area (Å²) in [4.78, 5) is 0. The lowest BCUT2D eigenvalue weighted by molar-refractivity contribution is 0.282. The first-order chi connectivity index (χ1) is 8.88. The lowest BCUT2D eigenvalue weighted by atomic mass is 10.0. The van der Waals surface area contributed by atoms with Crippen LogP contribution < -0.4 is 0 Å². The fraction of sp³-hybridized carbons (Fsp3) is 1.00.